The molecule has 0 atom stereocenters. The summed E-state index contributed by atoms with van der Waals surface area (Å²) in [5.41, 5.74) is 1.86. The summed E-state index contributed by atoms with van der Waals surface area (Å²) in [5.74, 6) is 0. The molecule has 0 aliphatic heterocycles. The lowest BCUT2D eigenvalue weighted by Crippen LogP contribution is -2.32. The standard InChI is InChI=1S/C18H21NO2S2/c1-14-8-9-17(15(2)12-14)23(20,21)19-13-18(10-11-18)22-16-6-4-3-5-7-16/h3-9,12,19H,10-11,13H2,1-2H3. The summed E-state index contributed by atoms with van der Waals surface area (Å²) in [7, 11) is -3.46. The monoisotopic (exact) mass is 347 g/mol. The van der Waals surface area contributed by atoms with E-state index in [0.717, 1.165) is 24.0 Å². The van der Waals surface area contributed by atoms with E-state index < -0.39 is 10.0 Å². The molecular formula is C18H21NO2S2. The Kier molecular flexibility index (Phi) is 4.54. The normalized spacial score (nSPS) is 16.3. The molecule has 0 amide bonds. The van der Waals surface area contributed by atoms with Crippen molar-refractivity contribution in [1.82, 2.24) is 4.72 Å². The third-order valence-corrected chi connectivity index (χ3v) is 7.14. The summed E-state index contributed by atoms with van der Waals surface area (Å²) in [4.78, 5) is 1.57. The Labute approximate surface area is 142 Å². The van der Waals surface area contributed by atoms with Crippen LogP contribution in [0.25, 0.3) is 0 Å². The minimum Gasteiger partial charge on any atom is -0.210 e. The topological polar surface area (TPSA) is 46.2 Å². The third-order valence-electron chi connectivity index (χ3n) is 4.09. The first-order chi connectivity index (χ1) is 10.9. The minimum atomic E-state index is -3.46. The Morgan fingerprint density at radius 1 is 1.09 bits per heavy atom. The maximum Gasteiger partial charge on any atom is 0.240 e. The molecule has 0 aromatic heterocycles. The van der Waals surface area contributed by atoms with E-state index in [1.54, 1.807) is 17.8 Å². The van der Waals surface area contributed by atoms with Crippen molar-refractivity contribution in [2.45, 2.75) is 41.2 Å². The van der Waals surface area contributed by atoms with Gasteiger partial charge in [-0.1, -0.05) is 35.9 Å². The van der Waals surface area contributed by atoms with Crippen LogP contribution in [-0.4, -0.2) is 19.7 Å². The first-order valence-electron chi connectivity index (χ1n) is 7.71. The molecule has 1 N–H and O–H groups in total. The van der Waals surface area contributed by atoms with Crippen LogP contribution in [0.4, 0.5) is 0 Å². The zero-order chi connectivity index (χ0) is 16.5. The fourth-order valence-corrected chi connectivity index (χ4v) is 5.28. The van der Waals surface area contributed by atoms with Crippen molar-refractivity contribution in [3.63, 3.8) is 0 Å². The van der Waals surface area contributed by atoms with E-state index in [4.69, 9.17) is 0 Å². The van der Waals surface area contributed by atoms with Gasteiger partial charge in [-0.25, -0.2) is 13.1 Å². The molecule has 1 fully saturated rings. The lowest BCUT2D eigenvalue weighted by Gasteiger charge is -2.17. The molecule has 122 valence electrons. The summed E-state index contributed by atoms with van der Waals surface area (Å²) in [6, 6.07) is 15.6. The summed E-state index contributed by atoms with van der Waals surface area (Å²) in [5, 5.41) is 0. The number of benzene rings is 2. The molecule has 0 radical (unpaired) electrons. The van der Waals surface area contributed by atoms with Crippen molar-refractivity contribution in [1.29, 1.82) is 0 Å². The van der Waals surface area contributed by atoms with Crippen LogP contribution in [0.5, 0.6) is 0 Å². The van der Waals surface area contributed by atoms with Crippen LogP contribution < -0.4 is 4.72 Å². The van der Waals surface area contributed by atoms with Crippen LogP contribution in [0.2, 0.25) is 0 Å². The molecule has 2 aromatic carbocycles. The first kappa shape index (κ1) is 16.6. The van der Waals surface area contributed by atoms with Crippen molar-refractivity contribution >= 4 is 21.8 Å². The molecule has 5 heteroatoms. The zero-order valence-corrected chi connectivity index (χ0v) is 15.0. The first-order valence-corrected chi connectivity index (χ1v) is 10.0. The second kappa shape index (κ2) is 6.30. The molecule has 0 saturated heterocycles. The van der Waals surface area contributed by atoms with E-state index in [-0.39, 0.29) is 4.75 Å². The molecule has 0 heterocycles. The van der Waals surface area contributed by atoms with Gasteiger partial charge in [0.2, 0.25) is 10.0 Å². The van der Waals surface area contributed by atoms with Gasteiger partial charge in [0.1, 0.15) is 0 Å². The van der Waals surface area contributed by atoms with E-state index in [0.29, 0.717) is 11.4 Å². The highest BCUT2D eigenvalue weighted by Gasteiger charge is 2.44. The summed E-state index contributed by atoms with van der Waals surface area (Å²) in [6.07, 6.45) is 2.09. The van der Waals surface area contributed by atoms with Crippen molar-refractivity contribution in [3.05, 3.63) is 59.7 Å². The smallest absolute Gasteiger partial charge is 0.210 e. The Morgan fingerprint density at radius 2 is 1.78 bits per heavy atom. The SMILES string of the molecule is Cc1ccc(S(=O)(=O)NCC2(Sc3ccccc3)CC2)c(C)c1. The predicted octanol–water partition coefficient (Wildman–Crippen LogP) is 3.91. The third kappa shape index (κ3) is 3.97. The number of hydrogen-bond donors (Lipinski definition) is 1. The number of aryl methyl sites for hydroxylation is 2. The van der Waals surface area contributed by atoms with Gasteiger partial charge in [0.25, 0.3) is 0 Å². The highest BCUT2D eigenvalue weighted by Crippen LogP contribution is 2.51. The molecule has 1 saturated carbocycles. The molecule has 1 aliphatic carbocycles. The lowest BCUT2D eigenvalue weighted by atomic mass is 10.2. The average molecular weight is 348 g/mol. The highest BCUT2D eigenvalue weighted by atomic mass is 32.2. The van der Waals surface area contributed by atoms with Crippen LogP contribution in [0.1, 0.15) is 24.0 Å². The van der Waals surface area contributed by atoms with Gasteiger partial charge in [-0.15, -0.1) is 11.8 Å². The van der Waals surface area contributed by atoms with Gasteiger partial charge >= 0.3 is 0 Å². The molecule has 0 bridgehead atoms. The minimum absolute atomic E-state index is 0.00697. The molecule has 1 aliphatic rings. The average Bonchev–Trinajstić information content (AvgIpc) is 3.26. The number of sulfonamides is 1. The number of hydrogen-bond acceptors (Lipinski definition) is 3. The summed E-state index contributed by atoms with van der Waals surface area (Å²) >= 11 is 1.77. The fraction of sp³-hybridized carbons (Fsp3) is 0.333. The Morgan fingerprint density at radius 3 is 2.39 bits per heavy atom. The Bertz CT molecular complexity index is 797. The molecule has 2 aromatic rings. The zero-order valence-electron chi connectivity index (χ0n) is 13.4. The number of nitrogens with one attached hydrogen (secondary N) is 1. The largest absolute Gasteiger partial charge is 0.240 e. The van der Waals surface area contributed by atoms with Crippen molar-refractivity contribution in [3.8, 4) is 0 Å². The summed E-state index contributed by atoms with van der Waals surface area (Å²) < 4.78 is 28.0. The van der Waals surface area contributed by atoms with E-state index in [1.807, 2.05) is 44.2 Å². The van der Waals surface area contributed by atoms with Gasteiger partial charge in [0.15, 0.2) is 0 Å². The Hall–Kier alpha value is -1.30. The molecular weight excluding hydrogens is 326 g/mol. The van der Waals surface area contributed by atoms with Crippen LogP contribution in [0, 0.1) is 13.8 Å². The van der Waals surface area contributed by atoms with Crippen LogP contribution in [0.3, 0.4) is 0 Å². The second-order valence-electron chi connectivity index (χ2n) is 6.19. The number of rotatable bonds is 6. The molecule has 23 heavy (non-hydrogen) atoms. The predicted molar refractivity (Wildman–Crippen MR) is 95.4 cm³/mol. The highest BCUT2D eigenvalue weighted by molar-refractivity contribution is 8.01. The van der Waals surface area contributed by atoms with Gasteiger partial charge in [0.05, 0.1) is 4.90 Å². The van der Waals surface area contributed by atoms with E-state index in [2.05, 4.69) is 16.9 Å². The van der Waals surface area contributed by atoms with Crippen LogP contribution in [0.15, 0.2) is 58.3 Å². The van der Waals surface area contributed by atoms with Crippen molar-refractivity contribution in [2.24, 2.45) is 0 Å². The van der Waals surface area contributed by atoms with E-state index in [1.165, 1.54) is 4.90 Å². The maximum absolute atomic E-state index is 12.6. The summed E-state index contributed by atoms with van der Waals surface area (Å²) in [6.45, 7) is 4.28. The van der Waals surface area contributed by atoms with Gasteiger partial charge in [-0.05, 0) is 50.5 Å². The van der Waals surface area contributed by atoms with E-state index in [9.17, 15) is 8.42 Å². The molecule has 3 rings (SSSR count). The van der Waals surface area contributed by atoms with Crippen molar-refractivity contribution < 1.29 is 8.42 Å². The molecule has 0 unspecified atom stereocenters. The molecule has 0 spiro atoms. The quantitative estimate of drug-likeness (QED) is 0.862. The van der Waals surface area contributed by atoms with Gasteiger partial charge in [0, 0.05) is 16.2 Å². The van der Waals surface area contributed by atoms with Gasteiger partial charge in [-0.3, -0.25) is 0 Å². The van der Waals surface area contributed by atoms with Crippen LogP contribution >= 0.6 is 11.8 Å². The second-order valence-corrected chi connectivity index (χ2v) is 9.47. The Balaban J connectivity index is 1.70. The number of thioether (sulfide) groups is 1. The van der Waals surface area contributed by atoms with Gasteiger partial charge in [-0.2, -0.15) is 0 Å². The van der Waals surface area contributed by atoms with Gasteiger partial charge < -0.3 is 0 Å². The van der Waals surface area contributed by atoms with E-state index >= 15 is 0 Å². The molecule has 3 nitrogen and oxygen atoms in total. The van der Waals surface area contributed by atoms with Crippen molar-refractivity contribution in [2.75, 3.05) is 6.54 Å². The fourth-order valence-electron chi connectivity index (χ4n) is 2.60. The lowest BCUT2D eigenvalue weighted by molar-refractivity contribution is 0.579. The maximum atomic E-state index is 12.6. The van der Waals surface area contributed by atoms with Crippen LogP contribution in [-0.2, 0) is 10.0 Å².